The Kier molecular flexibility index (Phi) is 4.45. The molecule has 3 nitrogen and oxygen atoms in total. The van der Waals surface area contributed by atoms with Gasteiger partial charge in [-0.1, -0.05) is 0 Å². The number of halogens is 2. The van der Waals surface area contributed by atoms with Crippen molar-refractivity contribution in [1.29, 1.82) is 0 Å². The van der Waals surface area contributed by atoms with Gasteiger partial charge in [-0.2, -0.15) is 0 Å². The van der Waals surface area contributed by atoms with Crippen molar-refractivity contribution in [3.63, 3.8) is 0 Å². The van der Waals surface area contributed by atoms with Crippen molar-refractivity contribution in [2.45, 2.75) is 6.10 Å². The van der Waals surface area contributed by atoms with E-state index in [1.807, 2.05) is 0 Å². The number of alkyl halides is 1. The topological polar surface area (TPSA) is 49.7 Å². The zero-order valence-corrected chi connectivity index (χ0v) is 7.99. The van der Waals surface area contributed by atoms with Crippen LogP contribution in [0.5, 0.6) is 5.75 Å². The van der Waals surface area contributed by atoms with Gasteiger partial charge in [0.15, 0.2) is 0 Å². The molecule has 0 aliphatic heterocycles. The van der Waals surface area contributed by atoms with E-state index < -0.39 is 25.2 Å². The van der Waals surface area contributed by atoms with Gasteiger partial charge in [-0.25, -0.2) is 8.78 Å². The lowest BCUT2D eigenvalue weighted by atomic mass is 10.1. The molecule has 0 fully saturated rings. The molecule has 84 valence electrons. The monoisotopic (exact) mass is 218 g/mol. The van der Waals surface area contributed by atoms with Crippen molar-refractivity contribution in [3.8, 4) is 5.75 Å². The second kappa shape index (κ2) is 5.63. The molecule has 0 aliphatic rings. The van der Waals surface area contributed by atoms with Crippen molar-refractivity contribution in [3.05, 3.63) is 29.6 Å². The van der Waals surface area contributed by atoms with Gasteiger partial charge < -0.3 is 14.9 Å². The molecule has 1 atom stereocenters. The lowest BCUT2D eigenvalue weighted by molar-refractivity contribution is 0.0920. The minimum atomic E-state index is -1.23. The predicted octanol–water partition coefficient (Wildman–Crippen LogP) is 1.20. The number of hydrogen-bond acceptors (Lipinski definition) is 3. The fourth-order valence-electron chi connectivity index (χ4n) is 1.16. The highest BCUT2D eigenvalue weighted by molar-refractivity contribution is 5.35. The molecule has 0 spiro atoms. The van der Waals surface area contributed by atoms with Crippen LogP contribution in [0.25, 0.3) is 0 Å². The maximum absolute atomic E-state index is 12.8. The van der Waals surface area contributed by atoms with Gasteiger partial charge in [-0.3, -0.25) is 0 Å². The van der Waals surface area contributed by atoms with Crippen molar-refractivity contribution < 1.29 is 23.7 Å². The van der Waals surface area contributed by atoms with Crippen LogP contribution in [0, 0.1) is 5.82 Å². The Morgan fingerprint density at radius 2 is 2.13 bits per heavy atom. The molecule has 1 aromatic carbocycles. The maximum atomic E-state index is 12.8. The molecule has 2 N–H and O–H groups in total. The van der Waals surface area contributed by atoms with Crippen LogP contribution in [-0.2, 0) is 0 Å². The van der Waals surface area contributed by atoms with Crippen LogP contribution in [0.15, 0.2) is 18.2 Å². The molecule has 0 bridgehead atoms. The highest BCUT2D eigenvalue weighted by Gasteiger charge is 2.13. The van der Waals surface area contributed by atoms with Crippen LogP contribution in [0.2, 0.25) is 0 Å². The van der Waals surface area contributed by atoms with Gasteiger partial charge in [0.05, 0.1) is 6.61 Å². The van der Waals surface area contributed by atoms with E-state index in [0.29, 0.717) is 0 Å². The van der Waals surface area contributed by atoms with E-state index in [1.54, 1.807) is 0 Å². The minimum absolute atomic E-state index is 0.117. The van der Waals surface area contributed by atoms with Gasteiger partial charge in [0.2, 0.25) is 0 Å². The molecular formula is C10H12F2O3. The van der Waals surface area contributed by atoms with Gasteiger partial charge in [0, 0.05) is 5.56 Å². The molecule has 1 rings (SSSR count). The first-order valence-electron chi connectivity index (χ1n) is 4.46. The normalized spacial score (nSPS) is 12.5. The molecule has 15 heavy (non-hydrogen) atoms. The maximum Gasteiger partial charge on any atom is 0.125 e. The third kappa shape index (κ3) is 3.14. The number of rotatable bonds is 5. The standard InChI is InChI=1S/C10H12F2O3/c11-3-4-15-10-2-1-7(12)5-8(10)9(14)6-13/h1-2,5,9,13-14H,3-4,6H2. The van der Waals surface area contributed by atoms with Gasteiger partial charge in [-0.15, -0.1) is 0 Å². The number of ether oxygens (including phenoxy) is 1. The Morgan fingerprint density at radius 1 is 1.40 bits per heavy atom. The third-order valence-electron chi connectivity index (χ3n) is 1.84. The number of hydrogen-bond donors (Lipinski definition) is 2. The van der Waals surface area contributed by atoms with Crippen molar-refractivity contribution in [1.82, 2.24) is 0 Å². The van der Waals surface area contributed by atoms with Gasteiger partial charge in [-0.05, 0) is 18.2 Å². The van der Waals surface area contributed by atoms with Gasteiger partial charge >= 0.3 is 0 Å². The van der Waals surface area contributed by atoms with E-state index in [1.165, 1.54) is 6.07 Å². The van der Waals surface area contributed by atoms with Crippen LogP contribution in [0.3, 0.4) is 0 Å². The molecule has 0 aliphatic carbocycles. The SMILES string of the molecule is OCC(O)c1cc(F)ccc1OCCF. The highest BCUT2D eigenvalue weighted by atomic mass is 19.1. The summed E-state index contributed by atoms with van der Waals surface area (Å²) >= 11 is 0. The summed E-state index contributed by atoms with van der Waals surface area (Å²) < 4.78 is 29.7. The average Bonchev–Trinajstić information content (AvgIpc) is 2.26. The molecule has 0 amide bonds. The van der Waals surface area contributed by atoms with Crippen molar-refractivity contribution in [2.24, 2.45) is 0 Å². The Morgan fingerprint density at radius 3 is 2.73 bits per heavy atom. The quantitative estimate of drug-likeness (QED) is 0.780. The van der Waals surface area contributed by atoms with E-state index in [-0.39, 0.29) is 17.9 Å². The molecule has 0 aromatic heterocycles. The zero-order chi connectivity index (χ0) is 11.3. The Balaban J connectivity index is 2.92. The Hall–Kier alpha value is -1.20. The summed E-state index contributed by atoms with van der Waals surface area (Å²) in [5.74, 6) is -0.374. The smallest absolute Gasteiger partial charge is 0.125 e. The summed E-state index contributed by atoms with van der Waals surface area (Å²) in [7, 11) is 0. The largest absolute Gasteiger partial charge is 0.490 e. The van der Waals surface area contributed by atoms with E-state index in [2.05, 4.69) is 0 Å². The summed E-state index contributed by atoms with van der Waals surface area (Å²) in [4.78, 5) is 0. The first-order chi connectivity index (χ1) is 7.19. The van der Waals surface area contributed by atoms with Crippen molar-refractivity contribution in [2.75, 3.05) is 19.9 Å². The van der Waals surface area contributed by atoms with Crippen LogP contribution in [-0.4, -0.2) is 30.1 Å². The molecule has 0 saturated carbocycles. The molecule has 1 unspecified atom stereocenters. The summed E-state index contributed by atoms with van der Waals surface area (Å²) in [6, 6.07) is 3.48. The molecular weight excluding hydrogens is 206 g/mol. The summed E-state index contributed by atoms with van der Waals surface area (Å²) in [6.45, 7) is -1.39. The second-order valence-electron chi connectivity index (χ2n) is 2.92. The molecule has 0 heterocycles. The summed E-state index contributed by atoms with van der Waals surface area (Å²) in [5.41, 5.74) is 0.117. The zero-order valence-electron chi connectivity index (χ0n) is 7.99. The summed E-state index contributed by atoms with van der Waals surface area (Å²) in [6.07, 6.45) is -1.23. The predicted molar refractivity (Wildman–Crippen MR) is 49.9 cm³/mol. The second-order valence-corrected chi connectivity index (χ2v) is 2.92. The third-order valence-corrected chi connectivity index (χ3v) is 1.84. The molecule has 5 heteroatoms. The lowest BCUT2D eigenvalue weighted by Crippen LogP contribution is -2.08. The minimum Gasteiger partial charge on any atom is -0.490 e. The van der Waals surface area contributed by atoms with E-state index >= 15 is 0 Å². The van der Waals surface area contributed by atoms with E-state index in [4.69, 9.17) is 9.84 Å². The number of benzene rings is 1. The van der Waals surface area contributed by atoms with Gasteiger partial charge in [0.25, 0.3) is 0 Å². The highest BCUT2D eigenvalue weighted by Crippen LogP contribution is 2.25. The summed E-state index contributed by atoms with van der Waals surface area (Å²) in [5, 5.41) is 18.1. The van der Waals surface area contributed by atoms with Crippen LogP contribution in [0.1, 0.15) is 11.7 Å². The van der Waals surface area contributed by atoms with Crippen LogP contribution >= 0.6 is 0 Å². The van der Waals surface area contributed by atoms with Gasteiger partial charge in [0.1, 0.15) is 31.0 Å². The number of aliphatic hydroxyl groups excluding tert-OH is 2. The number of aliphatic hydroxyl groups is 2. The first kappa shape index (κ1) is 11.9. The average molecular weight is 218 g/mol. The molecule has 0 saturated heterocycles. The van der Waals surface area contributed by atoms with E-state index in [9.17, 15) is 13.9 Å². The Bertz CT molecular complexity index is 318. The first-order valence-corrected chi connectivity index (χ1v) is 4.46. The van der Waals surface area contributed by atoms with Crippen molar-refractivity contribution >= 4 is 0 Å². The van der Waals surface area contributed by atoms with Crippen LogP contribution in [0.4, 0.5) is 8.78 Å². The molecule has 1 aromatic rings. The van der Waals surface area contributed by atoms with Crippen LogP contribution < -0.4 is 4.74 Å². The fraction of sp³-hybridized carbons (Fsp3) is 0.400. The fourth-order valence-corrected chi connectivity index (χ4v) is 1.16. The Labute approximate surface area is 85.9 Å². The molecule has 0 radical (unpaired) electrons. The lowest BCUT2D eigenvalue weighted by Gasteiger charge is -2.13. The van der Waals surface area contributed by atoms with E-state index in [0.717, 1.165) is 12.1 Å².